The third-order valence-electron chi connectivity index (χ3n) is 4.44. The Morgan fingerprint density at radius 1 is 1.03 bits per heavy atom. The topological polar surface area (TPSA) is 88.6 Å². The molecule has 0 aliphatic carbocycles. The lowest BCUT2D eigenvalue weighted by atomic mass is 10.2. The molecule has 2 heterocycles. The van der Waals surface area contributed by atoms with Crippen molar-refractivity contribution in [1.29, 1.82) is 0 Å². The number of hydrogen-bond acceptors (Lipinski definition) is 5. The van der Waals surface area contributed by atoms with Crippen molar-refractivity contribution in [3.05, 3.63) is 75.2 Å². The van der Waals surface area contributed by atoms with Crippen molar-refractivity contribution in [2.24, 2.45) is 0 Å². The van der Waals surface area contributed by atoms with E-state index >= 15 is 0 Å². The Morgan fingerprint density at radius 2 is 1.74 bits per heavy atom. The molecule has 1 aliphatic rings. The fourth-order valence-corrected chi connectivity index (χ4v) is 5.30. The van der Waals surface area contributed by atoms with E-state index in [9.17, 15) is 13.2 Å². The first-order chi connectivity index (χ1) is 14.8. The number of rotatable bonds is 4. The van der Waals surface area contributed by atoms with Gasteiger partial charge in [-0.3, -0.25) is 4.79 Å². The molecule has 0 radical (unpaired) electrons. The minimum atomic E-state index is -3.96. The molecule has 160 valence electrons. The molecule has 0 bridgehead atoms. The molecular formula is C20H14Cl3N3O4S. The van der Waals surface area contributed by atoms with Crippen molar-refractivity contribution in [2.75, 3.05) is 22.8 Å². The number of sulfonamides is 1. The van der Waals surface area contributed by atoms with Crippen LogP contribution >= 0.6 is 34.8 Å². The Morgan fingerprint density at radius 3 is 2.45 bits per heavy atom. The van der Waals surface area contributed by atoms with Crippen LogP contribution in [0.2, 0.25) is 15.1 Å². The number of aromatic nitrogens is 1. The van der Waals surface area contributed by atoms with E-state index in [1.807, 2.05) is 0 Å². The van der Waals surface area contributed by atoms with Gasteiger partial charge in [-0.25, -0.2) is 17.7 Å². The molecule has 1 amide bonds. The van der Waals surface area contributed by atoms with Crippen molar-refractivity contribution in [3.63, 3.8) is 0 Å². The third-order valence-corrected chi connectivity index (χ3v) is 7.09. The van der Waals surface area contributed by atoms with Crippen LogP contribution in [0.4, 0.5) is 11.6 Å². The van der Waals surface area contributed by atoms with Crippen LogP contribution in [0.5, 0.6) is 5.75 Å². The summed E-state index contributed by atoms with van der Waals surface area (Å²) < 4.78 is 33.1. The van der Waals surface area contributed by atoms with Crippen molar-refractivity contribution in [1.82, 2.24) is 4.98 Å². The largest absolute Gasteiger partial charge is 0.488 e. The van der Waals surface area contributed by atoms with Gasteiger partial charge in [0.15, 0.2) is 11.6 Å². The second kappa shape index (κ2) is 8.55. The molecule has 0 saturated heterocycles. The average molecular weight is 499 g/mol. The van der Waals surface area contributed by atoms with Crippen LogP contribution in [-0.2, 0) is 10.0 Å². The predicted molar refractivity (Wildman–Crippen MR) is 120 cm³/mol. The molecule has 3 aromatic rings. The average Bonchev–Trinajstić information content (AvgIpc) is 2.73. The number of pyridine rings is 1. The predicted octanol–water partition coefficient (Wildman–Crippen LogP) is 4.88. The van der Waals surface area contributed by atoms with E-state index in [1.165, 1.54) is 36.4 Å². The zero-order valence-electron chi connectivity index (χ0n) is 15.7. The monoisotopic (exact) mass is 497 g/mol. The van der Waals surface area contributed by atoms with Crippen LogP contribution < -0.4 is 14.4 Å². The molecule has 1 aliphatic heterocycles. The second-order valence-corrected chi connectivity index (χ2v) is 9.57. The molecule has 31 heavy (non-hydrogen) atoms. The molecule has 0 spiro atoms. The summed E-state index contributed by atoms with van der Waals surface area (Å²) in [6.45, 7) is 0.192. The summed E-state index contributed by atoms with van der Waals surface area (Å²) >= 11 is 18.1. The number of nitrogens with zero attached hydrogens (tertiary/aromatic N) is 2. The zero-order valence-corrected chi connectivity index (χ0v) is 18.8. The van der Waals surface area contributed by atoms with E-state index in [0.717, 1.165) is 4.31 Å². The van der Waals surface area contributed by atoms with Gasteiger partial charge in [0, 0.05) is 5.02 Å². The summed E-state index contributed by atoms with van der Waals surface area (Å²) in [6.07, 6.45) is 0. The maximum absolute atomic E-state index is 13.2. The minimum absolute atomic E-state index is 0.0203. The Bertz CT molecular complexity index is 1260. The molecule has 11 heteroatoms. The first-order valence-electron chi connectivity index (χ1n) is 8.95. The molecular weight excluding hydrogens is 485 g/mol. The van der Waals surface area contributed by atoms with Gasteiger partial charge in [0.05, 0.1) is 27.0 Å². The number of carbonyl (C=O) groups excluding carboxylic acids is 1. The number of hydrogen-bond donors (Lipinski definition) is 1. The Labute approximate surface area is 193 Å². The minimum Gasteiger partial charge on any atom is -0.488 e. The van der Waals surface area contributed by atoms with Gasteiger partial charge in [0.25, 0.3) is 15.9 Å². The van der Waals surface area contributed by atoms with Gasteiger partial charge in [-0.2, -0.15) is 0 Å². The fourth-order valence-electron chi connectivity index (χ4n) is 3.02. The molecule has 0 atom stereocenters. The SMILES string of the molecule is O=C(Nc1ccc2c(n1)N(S(=O)(=O)c1cccc(Cl)c1)CCO2)c1c(Cl)cccc1Cl. The maximum Gasteiger partial charge on any atom is 0.265 e. The van der Waals surface area contributed by atoms with Crippen molar-refractivity contribution in [2.45, 2.75) is 4.90 Å². The van der Waals surface area contributed by atoms with Crippen LogP contribution in [0.1, 0.15) is 10.4 Å². The Hall–Kier alpha value is -2.52. The lowest BCUT2D eigenvalue weighted by Crippen LogP contribution is -2.38. The molecule has 7 nitrogen and oxygen atoms in total. The number of carbonyl (C=O) groups is 1. The quantitative estimate of drug-likeness (QED) is 0.554. The van der Waals surface area contributed by atoms with Gasteiger partial charge in [-0.15, -0.1) is 0 Å². The first kappa shape index (κ1) is 21.7. The van der Waals surface area contributed by atoms with Gasteiger partial charge in [0.2, 0.25) is 0 Å². The molecule has 1 aromatic heterocycles. The lowest BCUT2D eigenvalue weighted by molar-refractivity contribution is 0.102. The van der Waals surface area contributed by atoms with Crippen LogP contribution in [-0.4, -0.2) is 32.5 Å². The summed E-state index contributed by atoms with van der Waals surface area (Å²) in [4.78, 5) is 17.0. The highest BCUT2D eigenvalue weighted by molar-refractivity contribution is 7.92. The number of halogens is 3. The standard InChI is InChI=1S/C20H14Cl3N3O4S/c21-12-3-1-4-13(11-12)31(28,29)26-9-10-30-16-7-8-17(24-19(16)26)25-20(27)18-14(22)5-2-6-15(18)23/h1-8,11H,9-10H2,(H,24,25,27). The molecule has 2 aromatic carbocycles. The van der Waals surface area contributed by atoms with Gasteiger partial charge >= 0.3 is 0 Å². The van der Waals surface area contributed by atoms with Crippen molar-refractivity contribution >= 4 is 62.4 Å². The van der Waals surface area contributed by atoms with E-state index in [2.05, 4.69) is 10.3 Å². The van der Waals surface area contributed by atoms with Gasteiger partial charge in [-0.1, -0.05) is 46.9 Å². The highest BCUT2D eigenvalue weighted by atomic mass is 35.5. The van der Waals surface area contributed by atoms with E-state index in [4.69, 9.17) is 39.5 Å². The first-order valence-corrected chi connectivity index (χ1v) is 11.5. The van der Waals surface area contributed by atoms with Crippen molar-refractivity contribution in [3.8, 4) is 5.75 Å². The summed E-state index contributed by atoms with van der Waals surface area (Å²) in [5.41, 5.74) is 0.0880. The zero-order chi connectivity index (χ0) is 22.2. The molecule has 0 unspecified atom stereocenters. The maximum atomic E-state index is 13.2. The number of amides is 1. The fraction of sp³-hybridized carbons (Fsp3) is 0.100. The summed E-state index contributed by atoms with van der Waals surface area (Å²) in [5, 5.41) is 3.24. The van der Waals surface area contributed by atoms with Crippen LogP contribution in [0.25, 0.3) is 0 Å². The molecule has 4 rings (SSSR count). The Balaban J connectivity index is 1.69. The van der Waals surface area contributed by atoms with E-state index in [1.54, 1.807) is 18.2 Å². The van der Waals surface area contributed by atoms with E-state index < -0.39 is 15.9 Å². The molecule has 1 N–H and O–H groups in total. The number of fused-ring (bicyclic) bond motifs is 1. The number of ether oxygens (including phenoxy) is 1. The molecule has 0 saturated carbocycles. The van der Waals surface area contributed by atoms with Crippen LogP contribution in [0.3, 0.4) is 0 Å². The number of anilines is 2. The summed E-state index contributed by atoms with van der Waals surface area (Å²) in [6, 6.07) is 13.7. The third kappa shape index (κ3) is 4.29. The van der Waals surface area contributed by atoms with Gasteiger partial charge in [-0.05, 0) is 42.5 Å². The normalized spacial score (nSPS) is 13.3. The van der Waals surface area contributed by atoms with Gasteiger partial charge in [0.1, 0.15) is 12.4 Å². The Kier molecular flexibility index (Phi) is 5.98. The smallest absolute Gasteiger partial charge is 0.265 e. The van der Waals surface area contributed by atoms with E-state index in [0.29, 0.717) is 5.02 Å². The summed E-state index contributed by atoms with van der Waals surface area (Å²) in [7, 11) is -3.96. The highest BCUT2D eigenvalue weighted by Crippen LogP contribution is 2.35. The number of nitrogens with one attached hydrogen (secondary N) is 1. The molecule has 0 fully saturated rings. The van der Waals surface area contributed by atoms with Crippen LogP contribution in [0.15, 0.2) is 59.5 Å². The second-order valence-electron chi connectivity index (χ2n) is 6.45. The van der Waals surface area contributed by atoms with Crippen molar-refractivity contribution < 1.29 is 17.9 Å². The lowest BCUT2D eigenvalue weighted by Gasteiger charge is -2.29. The summed E-state index contributed by atoms with van der Waals surface area (Å²) in [5.74, 6) is -0.152. The van der Waals surface area contributed by atoms with Crippen LogP contribution in [0, 0.1) is 0 Å². The van der Waals surface area contributed by atoms with Gasteiger partial charge < -0.3 is 10.1 Å². The van der Waals surface area contributed by atoms with E-state index in [-0.39, 0.29) is 51.0 Å². The highest BCUT2D eigenvalue weighted by Gasteiger charge is 2.32. The number of benzene rings is 2.